The van der Waals surface area contributed by atoms with Gasteiger partial charge in [-0.05, 0) is 69.1 Å². The highest BCUT2D eigenvalue weighted by Crippen LogP contribution is 2.59. The minimum atomic E-state index is -3.94. The molecule has 5 rings (SSSR count). The monoisotopic (exact) mass is 346 g/mol. The maximum atomic E-state index is 12.9. The third-order valence-electron chi connectivity index (χ3n) is 6.45. The van der Waals surface area contributed by atoms with Crippen molar-refractivity contribution in [3.63, 3.8) is 0 Å². The van der Waals surface area contributed by atoms with Crippen LogP contribution in [0.1, 0.15) is 64.2 Å². The first-order valence-corrected chi connectivity index (χ1v) is 11.5. The molecule has 0 unspecified atom stereocenters. The van der Waals surface area contributed by atoms with Crippen LogP contribution in [0, 0.1) is 17.8 Å². The van der Waals surface area contributed by atoms with Gasteiger partial charge in [0.1, 0.15) is 0 Å². The zero-order valence-electron chi connectivity index (χ0n) is 12.8. The Morgan fingerprint density at radius 1 is 0.773 bits per heavy atom. The van der Waals surface area contributed by atoms with E-state index in [0.717, 1.165) is 32.1 Å². The summed E-state index contributed by atoms with van der Waals surface area (Å²) in [5, 5.41) is -0.573. The summed E-state index contributed by atoms with van der Waals surface area (Å²) >= 11 is 0. The molecule has 0 aromatic heterocycles. The lowest BCUT2D eigenvalue weighted by atomic mass is 9.56. The maximum Gasteiger partial charge on any atom is 0.0889 e. The van der Waals surface area contributed by atoms with E-state index in [4.69, 9.17) is 0 Å². The Labute approximate surface area is 133 Å². The van der Waals surface area contributed by atoms with Gasteiger partial charge < -0.3 is 4.13 Å². The van der Waals surface area contributed by atoms with Crippen molar-refractivity contribution < 1.29 is 16.8 Å². The van der Waals surface area contributed by atoms with Crippen LogP contribution in [0.15, 0.2) is 0 Å². The molecule has 0 spiro atoms. The van der Waals surface area contributed by atoms with Crippen LogP contribution >= 0.6 is 0 Å². The molecule has 5 saturated carbocycles. The average Bonchev–Trinajstić information content (AvgIpc) is 2.89. The molecule has 5 fully saturated rings. The first kappa shape index (κ1) is 15.4. The van der Waals surface area contributed by atoms with Gasteiger partial charge in [0.25, 0.3) is 0 Å². The smallest absolute Gasteiger partial charge is 0.0889 e. The van der Waals surface area contributed by atoms with E-state index in [1.165, 1.54) is 0 Å². The van der Waals surface area contributed by atoms with Crippen LogP contribution in [-0.2, 0) is 20.0 Å². The third-order valence-corrected chi connectivity index (χ3v) is 11.0. The SMILES string of the molecule is O=S(=O)([N-]S(=O)(=O)C12CC3CC(CC(C3)C1)C2)C1CCCC1. The van der Waals surface area contributed by atoms with E-state index in [2.05, 4.69) is 4.13 Å². The van der Waals surface area contributed by atoms with E-state index in [-0.39, 0.29) is 0 Å². The Morgan fingerprint density at radius 2 is 1.23 bits per heavy atom. The molecule has 0 radical (unpaired) electrons. The molecule has 7 heteroatoms. The van der Waals surface area contributed by atoms with Crippen LogP contribution in [0.2, 0.25) is 0 Å². The van der Waals surface area contributed by atoms with Crippen molar-refractivity contribution in [2.45, 2.75) is 74.2 Å². The van der Waals surface area contributed by atoms with Gasteiger partial charge in [-0.15, -0.1) is 0 Å². The Balaban J connectivity index is 1.61. The molecule has 22 heavy (non-hydrogen) atoms. The summed E-state index contributed by atoms with van der Waals surface area (Å²) in [6, 6.07) is 0. The van der Waals surface area contributed by atoms with Crippen molar-refractivity contribution in [2.75, 3.05) is 0 Å². The number of nitrogens with zero attached hydrogens (tertiary/aromatic N) is 1. The molecule has 0 heterocycles. The van der Waals surface area contributed by atoms with Gasteiger partial charge >= 0.3 is 0 Å². The molecular formula is C15H24NO4S2-. The summed E-state index contributed by atoms with van der Waals surface area (Å²) in [5.74, 6) is 1.39. The van der Waals surface area contributed by atoms with E-state index in [9.17, 15) is 16.8 Å². The van der Waals surface area contributed by atoms with Crippen LogP contribution in [0.4, 0.5) is 0 Å². The molecule has 4 bridgehead atoms. The summed E-state index contributed by atoms with van der Waals surface area (Å²) in [4.78, 5) is 0. The fraction of sp³-hybridized carbons (Fsp3) is 1.00. The van der Waals surface area contributed by atoms with Crippen molar-refractivity contribution in [3.05, 3.63) is 4.13 Å². The highest BCUT2D eigenvalue weighted by Gasteiger charge is 2.55. The molecule has 0 saturated heterocycles. The molecule has 0 amide bonds. The molecule has 5 aliphatic rings. The first-order valence-electron chi connectivity index (χ1n) is 8.52. The molecule has 126 valence electrons. The zero-order chi connectivity index (χ0) is 15.6. The van der Waals surface area contributed by atoms with Gasteiger partial charge in [0.2, 0.25) is 0 Å². The first-order chi connectivity index (χ1) is 10.3. The van der Waals surface area contributed by atoms with Gasteiger partial charge in [0.05, 0.1) is 24.8 Å². The second-order valence-electron chi connectivity index (χ2n) is 8.07. The maximum absolute atomic E-state index is 12.9. The van der Waals surface area contributed by atoms with E-state index < -0.39 is 30.0 Å². The minimum Gasteiger partial charge on any atom is -0.435 e. The van der Waals surface area contributed by atoms with Gasteiger partial charge in [-0.1, -0.05) is 12.8 Å². The molecular weight excluding hydrogens is 322 g/mol. The fourth-order valence-corrected chi connectivity index (χ4v) is 10.3. The number of sulfonamides is 2. The summed E-state index contributed by atoms with van der Waals surface area (Å²) in [5.41, 5.74) is 0. The molecule has 0 aromatic carbocycles. The minimum absolute atomic E-state index is 0.463. The number of hydrogen-bond donors (Lipinski definition) is 0. The Morgan fingerprint density at radius 3 is 1.68 bits per heavy atom. The summed E-state index contributed by atoms with van der Waals surface area (Å²) in [6.45, 7) is 0. The van der Waals surface area contributed by atoms with Crippen molar-refractivity contribution >= 4 is 20.0 Å². The fourth-order valence-electron chi connectivity index (χ4n) is 5.81. The standard InChI is InChI=1S/C15H24NO4S2/c17-21(18,14-3-1-2-4-14)16-22(19,20)15-8-11-5-12(9-15)7-13(6-11)10-15/h11-14H,1-10H2/q-1. The van der Waals surface area contributed by atoms with Crippen LogP contribution in [0.25, 0.3) is 4.13 Å². The lowest BCUT2D eigenvalue weighted by Gasteiger charge is -2.58. The molecule has 5 nitrogen and oxygen atoms in total. The van der Waals surface area contributed by atoms with Gasteiger partial charge in [-0.3, -0.25) is 0 Å². The predicted octanol–water partition coefficient (Wildman–Crippen LogP) is 2.93. The van der Waals surface area contributed by atoms with Crippen molar-refractivity contribution in [2.24, 2.45) is 17.8 Å². The van der Waals surface area contributed by atoms with Crippen LogP contribution in [0.3, 0.4) is 0 Å². The van der Waals surface area contributed by atoms with Gasteiger partial charge in [-0.25, -0.2) is 16.8 Å². The Hall–Kier alpha value is -0.140. The van der Waals surface area contributed by atoms with Crippen molar-refractivity contribution in [3.8, 4) is 0 Å². The normalized spacial score (nSPS) is 42.1. The molecule has 0 atom stereocenters. The summed E-state index contributed by atoms with van der Waals surface area (Å²) < 4.78 is 53.3. The Kier molecular flexibility index (Phi) is 3.45. The van der Waals surface area contributed by atoms with Crippen LogP contribution in [0.5, 0.6) is 0 Å². The van der Waals surface area contributed by atoms with E-state index in [0.29, 0.717) is 49.9 Å². The second-order valence-corrected chi connectivity index (χ2v) is 12.2. The third kappa shape index (κ3) is 2.35. The predicted molar refractivity (Wildman–Crippen MR) is 84.4 cm³/mol. The molecule has 0 aliphatic heterocycles. The topological polar surface area (TPSA) is 82.4 Å². The number of rotatable bonds is 4. The van der Waals surface area contributed by atoms with Crippen LogP contribution in [-0.4, -0.2) is 26.8 Å². The second kappa shape index (κ2) is 4.93. The quantitative estimate of drug-likeness (QED) is 0.783. The van der Waals surface area contributed by atoms with Crippen LogP contribution < -0.4 is 0 Å². The zero-order valence-corrected chi connectivity index (χ0v) is 14.4. The number of hydrogen-bond acceptors (Lipinski definition) is 4. The van der Waals surface area contributed by atoms with E-state index in [1.54, 1.807) is 0 Å². The molecule has 5 aliphatic carbocycles. The average molecular weight is 346 g/mol. The van der Waals surface area contributed by atoms with Crippen molar-refractivity contribution in [1.29, 1.82) is 0 Å². The Bertz CT molecular complexity index is 626. The summed E-state index contributed by atoms with van der Waals surface area (Å²) in [7, 11) is -7.81. The van der Waals surface area contributed by atoms with Gasteiger partial charge in [0, 0.05) is 5.25 Å². The largest absolute Gasteiger partial charge is 0.435 e. The van der Waals surface area contributed by atoms with E-state index >= 15 is 0 Å². The van der Waals surface area contributed by atoms with Gasteiger partial charge in [0.15, 0.2) is 0 Å². The highest BCUT2D eigenvalue weighted by molar-refractivity contribution is 8.13. The molecule has 0 aromatic rings. The van der Waals surface area contributed by atoms with Gasteiger partial charge in [-0.2, -0.15) is 0 Å². The molecule has 0 N–H and O–H groups in total. The summed E-state index contributed by atoms with van der Waals surface area (Å²) in [6.07, 6.45) is 8.11. The highest BCUT2D eigenvalue weighted by atomic mass is 32.3. The lowest BCUT2D eigenvalue weighted by molar-refractivity contribution is 0.0343. The van der Waals surface area contributed by atoms with Crippen molar-refractivity contribution in [1.82, 2.24) is 0 Å². The lowest BCUT2D eigenvalue weighted by Crippen LogP contribution is -2.54. The van der Waals surface area contributed by atoms with E-state index in [1.807, 2.05) is 0 Å².